The van der Waals surface area contributed by atoms with Crippen LogP contribution in [-0.4, -0.2) is 14.6 Å². The maximum absolute atomic E-state index is 5.83. The number of rotatable bonds is 0. The van der Waals surface area contributed by atoms with E-state index in [1.54, 1.807) is 23.0 Å². The fourth-order valence-electron chi connectivity index (χ4n) is 0.977. The maximum atomic E-state index is 5.83. The molecule has 2 aromatic rings. The molecular formula is C7H6ClN3. The number of hydrogen-bond acceptors (Lipinski definition) is 2. The Hall–Kier alpha value is -1.09. The predicted octanol–water partition coefficient (Wildman–Crippen LogP) is 1.69. The number of hydrogen-bond donors (Lipinski definition) is 0. The van der Waals surface area contributed by atoms with Crippen LogP contribution in [0.25, 0.3) is 5.65 Å². The summed E-state index contributed by atoms with van der Waals surface area (Å²) in [4.78, 5) is 4.12. The Labute approximate surface area is 68.6 Å². The summed E-state index contributed by atoms with van der Waals surface area (Å²) in [5.41, 5.74) is 1.85. The lowest BCUT2D eigenvalue weighted by atomic mass is 10.4. The van der Waals surface area contributed by atoms with Gasteiger partial charge in [-0.15, -0.1) is 0 Å². The van der Waals surface area contributed by atoms with E-state index in [4.69, 9.17) is 11.6 Å². The largest absolute Gasteiger partial charge is 0.237 e. The molecular weight excluding hydrogens is 162 g/mol. The minimum absolute atomic E-state index is 0.586. The average Bonchev–Trinajstić information content (AvgIpc) is 2.35. The summed E-state index contributed by atoms with van der Waals surface area (Å²) in [5.74, 6) is 0. The first kappa shape index (κ1) is 6.61. The molecule has 11 heavy (non-hydrogen) atoms. The van der Waals surface area contributed by atoms with Crippen molar-refractivity contribution in [3.63, 3.8) is 0 Å². The maximum Gasteiger partial charge on any atom is 0.159 e. The zero-order chi connectivity index (χ0) is 7.84. The molecule has 0 aromatic carbocycles. The second kappa shape index (κ2) is 2.20. The third-order valence-electron chi connectivity index (χ3n) is 1.53. The van der Waals surface area contributed by atoms with E-state index in [0.29, 0.717) is 5.15 Å². The molecule has 4 heteroatoms. The Morgan fingerprint density at radius 3 is 3.09 bits per heavy atom. The van der Waals surface area contributed by atoms with Gasteiger partial charge in [-0.3, -0.25) is 0 Å². The first-order valence-corrected chi connectivity index (χ1v) is 3.61. The molecule has 3 nitrogen and oxygen atoms in total. The van der Waals surface area contributed by atoms with Gasteiger partial charge in [-0.1, -0.05) is 11.6 Å². The SMILES string of the molecule is Cc1cnn2c(Cl)ccnc12. The van der Waals surface area contributed by atoms with Crippen LogP contribution in [0.5, 0.6) is 0 Å². The minimum Gasteiger partial charge on any atom is -0.237 e. The molecule has 56 valence electrons. The highest BCUT2D eigenvalue weighted by molar-refractivity contribution is 6.29. The van der Waals surface area contributed by atoms with Crippen LogP contribution >= 0.6 is 11.6 Å². The predicted molar refractivity (Wildman–Crippen MR) is 42.7 cm³/mol. The van der Waals surface area contributed by atoms with Crippen molar-refractivity contribution in [1.82, 2.24) is 14.6 Å². The Kier molecular flexibility index (Phi) is 1.32. The lowest BCUT2D eigenvalue weighted by Gasteiger charge is -1.93. The van der Waals surface area contributed by atoms with Crippen LogP contribution in [0.15, 0.2) is 18.5 Å². The quantitative estimate of drug-likeness (QED) is 0.559. The molecule has 2 aromatic heterocycles. The third kappa shape index (κ3) is 0.886. The van der Waals surface area contributed by atoms with Gasteiger partial charge < -0.3 is 0 Å². The van der Waals surface area contributed by atoms with Crippen LogP contribution in [0.3, 0.4) is 0 Å². The van der Waals surface area contributed by atoms with E-state index >= 15 is 0 Å². The van der Waals surface area contributed by atoms with Gasteiger partial charge >= 0.3 is 0 Å². The van der Waals surface area contributed by atoms with Crippen molar-refractivity contribution in [3.8, 4) is 0 Å². The van der Waals surface area contributed by atoms with Gasteiger partial charge in [-0.2, -0.15) is 5.10 Å². The molecule has 0 aliphatic rings. The van der Waals surface area contributed by atoms with Crippen molar-refractivity contribution in [2.24, 2.45) is 0 Å². The van der Waals surface area contributed by atoms with Gasteiger partial charge in [0.25, 0.3) is 0 Å². The topological polar surface area (TPSA) is 30.2 Å². The molecule has 0 aliphatic carbocycles. The van der Waals surface area contributed by atoms with Crippen LogP contribution in [0.2, 0.25) is 5.15 Å². The zero-order valence-electron chi connectivity index (χ0n) is 5.95. The zero-order valence-corrected chi connectivity index (χ0v) is 6.71. The molecule has 2 rings (SSSR count). The number of aryl methyl sites for hydroxylation is 1. The smallest absolute Gasteiger partial charge is 0.159 e. The van der Waals surface area contributed by atoms with Crippen molar-refractivity contribution >= 4 is 17.2 Å². The van der Waals surface area contributed by atoms with E-state index in [1.807, 2.05) is 6.92 Å². The van der Waals surface area contributed by atoms with Crippen molar-refractivity contribution < 1.29 is 0 Å². The lowest BCUT2D eigenvalue weighted by molar-refractivity contribution is 0.940. The minimum atomic E-state index is 0.586. The van der Waals surface area contributed by atoms with Crippen molar-refractivity contribution in [3.05, 3.63) is 29.2 Å². The monoisotopic (exact) mass is 167 g/mol. The summed E-state index contributed by atoms with van der Waals surface area (Å²) in [6, 6.07) is 1.71. The van der Waals surface area contributed by atoms with E-state index in [0.717, 1.165) is 11.2 Å². The summed E-state index contributed by atoms with van der Waals surface area (Å²) in [5, 5.41) is 4.63. The fraction of sp³-hybridized carbons (Fsp3) is 0.143. The number of fused-ring (bicyclic) bond motifs is 1. The van der Waals surface area contributed by atoms with Crippen LogP contribution in [-0.2, 0) is 0 Å². The molecule has 0 radical (unpaired) electrons. The van der Waals surface area contributed by atoms with Crippen LogP contribution in [0, 0.1) is 6.92 Å². The van der Waals surface area contributed by atoms with Gasteiger partial charge in [-0.25, -0.2) is 9.50 Å². The fourth-order valence-corrected chi connectivity index (χ4v) is 1.16. The van der Waals surface area contributed by atoms with Gasteiger partial charge in [0.2, 0.25) is 0 Å². The third-order valence-corrected chi connectivity index (χ3v) is 1.82. The lowest BCUT2D eigenvalue weighted by Crippen LogP contribution is -1.90. The second-order valence-corrected chi connectivity index (χ2v) is 2.72. The number of nitrogens with zero attached hydrogens (tertiary/aromatic N) is 3. The Bertz CT molecular complexity index is 393. The van der Waals surface area contributed by atoms with Crippen LogP contribution < -0.4 is 0 Å². The first-order chi connectivity index (χ1) is 5.29. The van der Waals surface area contributed by atoms with Gasteiger partial charge in [0.15, 0.2) is 5.65 Å². The van der Waals surface area contributed by atoms with E-state index < -0.39 is 0 Å². The van der Waals surface area contributed by atoms with Crippen molar-refractivity contribution in [2.75, 3.05) is 0 Å². The highest BCUT2D eigenvalue weighted by Gasteiger charge is 2.01. The Morgan fingerprint density at radius 2 is 2.36 bits per heavy atom. The summed E-state index contributed by atoms with van der Waals surface area (Å²) < 4.78 is 1.61. The Balaban J connectivity index is 2.94. The van der Waals surface area contributed by atoms with Crippen LogP contribution in [0.4, 0.5) is 0 Å². The van der Waals surface area contributed by atoms with Gasteiger partial charge in [0, 0.05) is 11.8 Å². The number of halogens is 1. The highest BCUT2D eigenvalue weighted by atomic mass is 35.5. The van der Waals surface area contributed by atoms with Gasteiger partial charge in [0.1, 0.15) is 5.15 Å². The second-order valence-electron chi connectivity index (χ2n) is 2.33. The summed E-state index contributed by atoms with van der Waals surface area (Å²) in [6.07, 6.45) is 3.42. The summed E-state index contributed by atoms with van der Waals surface area (Å²) in [7, 11) is 0. The van der Waals surface area contributed by atoms with E-state index in [9.17, 15) is 0 Å². The summed E-state index contributed by atoms with van der Waals surface area (Å²) >= 11 is 5.83. The van der Waals surface area contributed by atoms with E-state index in [1.165, 1.54) is 0 Å². The average molecular weight is 168 g/mol. The molecule has 0 amide bonds. The molecule has 0 aliphatic heterocycles. The first-order valence-electron chi connectivity index (χ1n) is 3.24. The molecule has 0 bridgehead atoms. The van der Waals surface area contributed by atoms with E-state index in [2.05, 4.69) is 10.1 Å². The van der Waals surface area contributed by atoms with E-state index in [-0.39, 0.29) is 0 Å². The molecule has 2 heterocycles. The molecule has 0 saturated carbocycles. The van der Waals surface area contributed by atoms with Crippen molar-refractivity contribution in [2.45, 2.75) is 6.92 Å². The molecule has 0 N–H and O–H groups in total. The normalized spacial score (nSPS) is 10.7. The highest BCUT2D eigenvalue weighted by Crippen LogP contribution is 2.11. The molecule has 0 fully saturated rings. The Morgan fingerprint density at radius 1 is 1.55 bits per heavy atom. The molecule has 0 saturated heterocycles. The molecule has 0 unspecified atom stereocenters. The standard InChI is InChI=1S/C7H6ClN3/c1-5-4-10-11-6(8)2-3-9-7(5)11/h2-4H,1H3. The van der Waals surface area contributed by atoms with Gasteiger partial charge in [-0.05, 0) is 13.0 Å². The summed E-state index contributed by atoms with van der Waals surface area (Å²) in [6.45, 7) is 1.95. The molecule has 0 spiro atoms. The van der Waals surface area contributed by atoms with Crippen LogP contribution in [0.1, 0.15) is 5.56 Å². The molecule has 0 atom stereocenters. The van der Waals surface area contributed by atoms with Crippen molar-refractivity contribution in [1.29, 1.82) is 0 Å². The number of aromatic nitrogens is 3. The van der Waals surface area contributed by atoms with Gasteiger partial charge in [0.05, 0.1) is 6.20 Å².